The van der Waals surface area contributed by atoms with E-state index in [0.717, 1.165) is 51.0 Å². The van der Waals surface area contributed by atoms with Crippen LogP contribution in [0.4, 0.5) is 0 Å². The molecule has 0 unspecified atom stereocenters. The van der Waals surface area contributed by atoms with Crippen LogP contribution >= 0.6 is 11.6 Å². The van der Waals surface area contributed by atoms with Gasteiger partial charge in [-0.25, -0.2) is 4.79 Å². The minimum absolute atomic E-state index is 0.285. The van der Waals surface area contributed by atoms with Gasteiger partial charge < -0.3 is 20.3 Å². The van der Waals surface area contributed by atoms with Gasteiger partial charge >= 0.3 is 5.97 Å². The highest BCUT2D eigenvalue weighted by molar-refractivity contribution is 6.30. The van der Waals surface area contributed by atoms with Crippen LogP contribution in [0.15, 0.2) is 60.7 Å². The molecule has 0 bridgehead atoms. The van der Waals surface area contributed by atoms with Gasteiger partial charge in [0.2, 0.25) is 5.91 Å². The number of carbonyl (C=O) groups is 3. The van der Waals surface area contributed by atoms with Crippen LogP contribution in [-0.2, 0) is 20.8 Å². The number of ether oxygens (including phenoxy) is 1. The Labute approximate surface area is 261 Å². The van der Waals surface area contributed by atoms with E-state index < -0.39 is 23.4 Å². The van der Waals surface area contributed by atoms with Crippen LogP contribution in [-0.4, -0.2) is 40.0 Å². The molecule has 43 heavy (non-hydrogen) atoms. The van der Waals surface area contributed by atoms with Crippen molar-refractivity contribution in [3.8, 4) is 11.5 Å². The van der Waals surface area contributed by atoms with Gasteiger partial charge in [0, 0.05) is 24.4 Å². The third kappa shape index (κ3) is 14.2. The van der Waals surface area contributed by atoms with E-state index >= 15 is 0 Å². The summed E-state index contributed by atoms with van der Waals surface area (Å²) in [7, 11) is 0. The summed E-state index contributed by atoms with van der Waals surface area (Å²) in [5.74, 6) is -1.54. The predicted molar refractivity (Wildman–Crippen MR) is 172 cm³/mol. The molecule has 2 rings (SSSR count). The van der Waals surface area contributed by atoms with Gasteiger partial charge in [-0.2, -0.15) is 0 Å². The Kier molecular flexibility index (Phi) is 16.7. The number of nitrogens with one attached hydrogen (secondary N) is 1. The average molecular weight is 614 g/mol. The molecule has 236 valence electrons. The number of aliphatic carboxylic acids is 1. The molecule has 3 N–H and O–H groups in total. The Bertz CT molecular complexity index is 1140. The number of rotatable bonds is 22. The monoisotopic (exact) mass is 613 g/mol. The lowest BCUT2D eigenvalue weighted by molar-refractivity contribution is -0.163. The maximum absolute atomic E-state index is 12.9. The largest absolute Gasteiger partial charge is 0.479 e. The highest BCUT2D eigenvalue weighted by atomic mass is 35.5. The second-order valence-corrected chi connectivity index (χ2v) is 11.7. The first-order chi connectivity index (χ1) is 20.6. The molecule has 0 aliphatic heterocycles. The fraction of sp³-hybridized carbons (Fsp3) is 0.514. The number of carboxylic acids is 1. The number of amides is 1. The molecule has 0 radical (unpaired) electrons. The van der Waals surface area contributed by atoms with Crippen LogP contribution < -0.4 is 10.1 Å². The Morgan fingerprint density at radius 2 is 1.44 bits per heavy atom. The molecule has 0 saturated heterocycles. The summed E-state index contributed by atoms with van der Waals surface area (Å²) in [4.78, 5) is 36.6. The second kappa shape index (κ2) is 19.9. The number of unbranched alkanes of at least 4 members (excludes halogenated alkanes) is 8. The van der Waals surface area contributed by atoms with E-state index in [0.29, 0.717) is 48.0 Å². The zero-order valence-electron chi connectivity index (χ0n) is 25.7. The van der Waals surface area contributed by atoms with Crippen LogP contribution in [0.2, 0.25) is 5.02 Å². The molecule has 2 aromatic carbocycles. The Hall–Kier alpha value is -3.16. The van der Waals surface area contributed by atoms with Crippen molar-refractivity contribution >= 4 is 29.3 Å². The van der Waals surface area contributed by atoms with Crippen molar-refractivity contribution in [1.29, 1.82) is 0 Å². The number of carboxylic acid groups (broad SMARTS) is 1. The first-order valence-corrected chi connectivity index (χ1v) is 16.0. The minimum Gasteiger partial charge on any atom is -0.479 e. The topological polar surface area (TPSA) is 113 Å². The van der Waals surface area contributed by atoms with Gasteiger partial charge in [-0.15, -0.1) is 0 Å². The zero-order valence-corrected chi connectivity index (χ0v) is 26.4. The minimum atomic E-state index is -2.24. The van der Waals surface area contributed by atoms with Crippen LogP contribution in [0.1, 0.15) is 96.5 Å². The molecule has 0 aliphatic carbocycles. The Balaban J connectivity index is 1.73. The van der Waals surface area contributed by atoms with Crippen molar-refractivity contribution in [3.05, 3.63) is 71.3 Å². The van der Waals surface area contributed by atoms with Gasteiger partial charge in [0.15, 0.2) is 5.60 Å². The van der Waals surface area contributed by atoms with Crippen molar-refractivity contribution < 1.29 is 29.3 Å². The Morgan fingerprint density at radius 1 is 0.884 bits per heavy atom. The van der Waals surface area contributed by atoms with Gasteiger partial charge in [-0.3, -0.25) is 9.59 Å². The summed E-state index contributed by atoms with van der Waals surface area (Å²) in [5.41, 5.74) is -1.27. The van der Waals surface area contributed by atoms with Gasteiger partial charge in [0.05, 0.1) is 5.92 Å². The number of halogens is 1. The van der Waals surface area contributed by atoms with Crippen LogP contribution in [0.3, 0.4) is 0 Å². The van der Waals surface area contributed by atoms with Crippen molar-refractivity contribution in [2.75, 3.05) is 6.54 Å². The number of aliphatic hydroxyl groups is 1. The summed E-state index contributed by atoms with van der Waals surface area (Å²) >= 11 is 5.91. The van der Waals surface area contributed by atoms with Gasteiger partial charge in [-0.1, -0.05) is 81.3 Å². The lowest BCUT2D eigenvalue weighted by Crippen LogP contribution is -2.49. The molecule has 0 aromatic heterocycles. The first kappa shape index (κ1) is 36.0. The van der Waals surface area contributed by atoms with E-state index in [1.165, 1.54) is 25.3 Å². The number of hydrogen-bond donors (Lipinski definition) is 3. The van der Waals surface area contributed by atoms with Crippen LogP contribution in [0, 0.1) is 5.92 Å². The normalized spacial score (nSPS) is 13.4. The maximum atomic E-state index is 12.9. The predicted octanol–water partition coefficient (Wildman–Crippen LogP) is 8.07. The van der Waals surface area contributed by atoms with E-state index in [-0.39, 0.29) is 6.54 Å². The third-order valence-electron chi connectivity index (χ3n) is 7.47. The molecule has 0 heterocycles. The van der Waals surface area contributed by atoms with E-state index in [1.54, 1.807) is 30.3 Å². The molecular weight excluding hydrogens is 566 g/mol. The van der Waals surface area contributed by atoms with Crippen molar-refractivity contribution in [1.82, 2.24) is 5.32 Å². The number of allylic oxidation sites excluding steroid dienone is 1. The molecule has 2 aromatic rings. The number of benzene rings is 2. The van der Waals surface area contributed by atoms with E-state index in [4.69, 9.17) is 16.3 Å². The lowest BCUT2D eigenvalue weighted by atomic mass is 9.87. The molecule has 8 heteroatoms. The summed E-state index contributed by atoms with van der Waals surface area (Å²) in [6, 6.07) is 14.5. The fourth-order valence-corrected chi connectivity index (χ4v) is 4.81. The molecule has 0 fully saturated rings. The molecule has 0 saturated carbocycles. The van der Waals surface area contributed by atoms with Gasteiger partial charge in [0.25, 0.3) is 0 Å². The van der Waals surface area contributed by atoms with E-state index in [1.807, 2.05) is 24.3 Å². The van der Waals surface area contributed by atoms with Crippen molar-refractivity contribution in [2.45, 2.75) is 103 Å². The zero-order chi connectivity index (χ0) is 31.5. The quantitative estimate of drug-likeness (QED) is 0.0914. The van der Waals surface area contributed by atoms with E-state index in [9.17, 15) is 24.6 Å². The number of ketones is 1. The number of hydrogen-bond acceptors (Lipinski definition) is 5. The molecule has 0 aliphatic rings. The summed E-state index contributed by atoms with van der Waals surface area (Å²) in [5, 5.41) is 23.5. The van der Waals surface area contributed by atoms with Crippen LogP contribution in [0.25, 0.3) is 0 Å². The molecule has 1 amide bonds. The number of carbonyl (C=O) groups excluding carboxylic acids is 2. The third-order valence-corrected chi connectivity index (χ3v) is 7.72. The highest BCUT2D eigenvalue weighted by Gasteiger charge is 2.42. The summed E-state index contributed by atoms with van der Waals surface area (Å²) < 4.78 is 5.80. The lowest BCUT2D eigenvalue weighted by Gasteiger charge is -2.25. The van der Waals surface area contributed by atoms with Crippen LogP contribution in [0.5, 0.6) is 11.5 Å². The SMILES string of the molecule is CCCCCCCC(=O)CCCCCC/C=C/[C@H](C(=O)NCCc1ccc(Oc2ccc(Cl)cc2)cc1)[C@](C)(O)C(=O)O. The smallest absolute Gasteiger partial charge is 0.336 e. The van der Waals surface area contributed by atoms with Gasteiger partial charge in [-0.05, 0) is 81.0 Å². The Morgan fingerprint density at radius 3 is 2.02 bits per heavy atom. The fourth-order valence-electron chi connectivity index (χ4n) is 4.69. The second-order valence-electron chi connectivity index (χ2n) is 11.3. The van der Waals surface area contributed by atoms with Crippen molar-refractivity contribution in [3.63, 3.8) is 0 Å². The molecule has 2 atom stereocenters. The van der Waals surface area contributed by atoms with Gasteiger partial charge in [0.1, 0.15) is 17.3 Å². The molecule has 7 nitrogen and oxygen atoms in total. The van der Waals surface area contributed by atoms with E-state index in [2.05, 4.69) is 12.2 Å². The van der Waals surface area contributed by atoms with Crippen molar-refractivity contribution in [2.24, 2.45) is 5.92 Å². The molecule has 0 spiro atoms. The average Bonchev–Trinajstić information content (AvgIpc) is 2.98. The number of Topliss-reactive ketones (excluding diaryl/α,β-unsaturated/α-hetero) is 1. The summed E-state index contributed by atoms with van der Waals surface area (Å²) in [6.07, 6.45) is 15.2. The maximum Gasteiger partial charge on any atom is 0.336 e. The standard InChI is InChI=1S/C35H48ClNO6/c1-3-4-5-8-11-14-29(38)15-12-9-6-7-10-13-16-32(35(2,42)34(40)41)33(39)37-26-25-27-17-21-30(22-18-27)43-31-23-19-28(36)20-24-31/h13,16-24,32,42H,3-12,14-15,25-26H2,1-2H3,(H,37,39)(H,40,41)/b16-13+/t32-,35+/m1/s1. The summed E-state index contributed by atoms with van der Waals surface area (Å²) in [6.45, 7) is 3.61. The highest BCUT2D eigenvalue weighted by Crippen LogP contribution is 2.24. The first-order valence-electron chi connectivity index (χ1n) is 15.6. The molecular formula is C35H48ClNO6.